The second-order valence-electron chi connectivity index (χ2n) is 6.86. The van der Waals surface area contributed by atoms with Crippen molar-refractivity contribution in [1.29, 1.82) is 0 Å². The van der Waals surface area contributed by atoms with Crippen molar-refractivity contribution in [2.24, 2.45) is 4.99 Å². The molecule has 0 radical (unpaired) electrons. The molecule has 0 atom stereocenters. The van der Waals surface area contributed by atoms with E-state index in [9.17, 15) is 0 Å². The minimum absolute atomic E-state index is 0.672. The molecule has 1 aromatic carbocycles. The van der Waals surface area contributed by atoms with E-state index < -0.39 is 0 Å². The third-order valence-electron chi connectivity index (χ3n) is 4.60. The largest absolute Gasteiger partial charge is 0.383 e. The van der Waals surface area contributed by atoms with Gasteiger partial charge in [0.15, 0.2) is 5.96 Å². The van der Waals surface area contributed by atoms with Gasteiger partial charge in [0.25, 0.3) is 0 Å². The first-order valence-electron chi connectivity index (χ1n) is 9.71. The van der Waals surface area contributed by atoms with Crippen molar-refractivity contribution in [2.75, 3.05) is 60.0 Å². The van der Waals surface area contributed by atoms with E-state index in [1.165, 1.54) is 30.6 Å². The van der Waals surface area contributed by atoms with Gasteiger partial charge >= 0.3 is 0 Å². The Balaban J connectivity index is 1.84. The maximum Gasteiger partial charge on any atom is 0.191 e. The van der Waals surface area contributed by atoms with Crippen LogP contribution in [-0.4, -0.2) is 75.8 Å². The van der Waals surface area contributed by atoms with Crippen molar-refractivity contribution in [3.05, 3.63) is 35.4 Å². The van der Waals surface area contributed by atoms with E-state index in [1.54, 1.807) is 7.11 Å². The van der Waals surface area contributed by atoms with Crippen LogP contribution >= 0.6 is 0 Å². The summed E-state index contributed by atoms with van der Waals surface area (Å²) in [5.74, 6) is 0.835. The fourth-order valence-electron chi connectivity index (χ4n) is 3.05. The fourth-order valence-corrected chi connectivity index (χ4v) is 3.05. The minimum atomic E-state index is 0.672. The van der Waals surface area contributed by atoms with Crippen molar-refractivity contribution in [3.8, 4) is 0 Å². The van der Waals surface area contributed by atoms with Gasteiger partial charge in [-0.2, -0.15) is 0 Å². The maximum absolute atomic E-state index is 5.07. The molecule has 6 heteroatoms. The van der Waals surface area contributed by atoms with Crippen LogP contribution in [0.25, 0.3) is 0 Å². The van der Waals surface area contributed by atoms with E-state index in [1.807, 2.05) is 0 Å². The van der Waals surface area contributed by atoms with E-state index in [2.05, 4.69) is 63.7 Å². The van der Waals surface area contributed by atoms with Gasteiger partial charge in [0.1, 0.15) is 0 Å². The molecule has 0 amide bonds. The summed E-state index contributed by atoms with van der Waals surface area (Å²) in [6, 6.07) is 8.87. The Morgan fingerprint density at radius 2 is 1.85 bits per heavy atom. The van der Waals surface area contributed by atoms with Crippen LogP contribution in [0.4, 0.5) is 0 Å². The molecule has 1 aromatic rings. The first-order valence-corrected chi connectivity index (χ1v) is 9.71. The van der Waals surface area contributed by atoms with Crippen LogP contribution in [-0.2, 0) is 17.8 Å². The van der Waals surface area contributed by atoms with Gasteiger partial charge < -0.3 is 20.3 Å². The summed E-state index contributed by atoms with van der Waals surface area (Å²) >= 11 is 0. The molecule has 0 aromatic heterocycles. The van der Waals surface area contributed by atoms with E-state index >= 15 is 0 Å². The Bertz CT molecular complexity index is 532. The highest BCUT2D eigenvalue weighted by atomic mass is 16.5. The molecule has 1 heterocycles. The van der Waals surface area contributed by atoms with Gasteiger partial charge in [-0.25, -0.2) is 4.99 Å². The number of methoxy groups -OCH3 is 1. The molecule has 1 aliphatic rings. The molecule has 0 saturated carbocycles. The SMILES string of the molecule is CCNC(=NCc1ccc(CN2CCCN(C)CC2)cc1)NCCOC. The van der Waals surface area contributed by atoms with Gasteiger partial charge in [-0.3, -0.25) is 4.90 Å². The molecule has 1 fully saturated rings. The van der Waals surface area contributed by atoms with Crippen molar-refractivity contribution < 1.29 is 4.74 Å². The number of nitrogens with one attached hydrogen (secondary N) is 2. The standard InChI is InChI=1S/C20H35N5O/c1-4-21-20(22-10-15-26-3)23-16-18-6-8-19(9-7-18)17-25-12-5-11-24(2)13-14-25/h6-9H,4-5,10-17H2,1-3H3,(H2,21,22,23). The second kappa shape index (κ2) is 11.9. The summed E-state index contributed by atoms with van der Waals surface area (Å²) in [5, 5.41) is 6.53. The zero-order valence-electron chi connectivity index (χ0n) is 16.6. The lowest BCUT2D eigenvalue weighted by molar-refractivity contribution is 0.203. The average molecular weight is 362 g/mol. The van der Waals surface area contributed by atoms with Crippen molar-refractivity contribution in [1.82, 2.24) is 20.4 Å². The Hall–Kier alpha value is -1.63. The number of hydrogen-bond acceptors (Lipinski definition) is 4. The number of guanidine groups is 1. The van der Waals surface area contributed by atoms with Crippen LogP contribution in [0.5, 0.6) is 0 Å². The number of aliphatic imine (C=N–C) groups is 1. The normalized spacial score (nSPS) is 17.1. The van der Waals surface area contributed by atoms with Gasteiger partial charge in [0.05, 0.1) is 13.2 Å². The number of hydrogen-bond donors (Lipinski definition) is 2. The number of nitrogens with zero attached hydrogens (tertiary/aromatic N) is 3. The molecular weight excluding hydrogens is 326 g/mol. The van der Waals surface area contributed by atoms with Crippen LogP contribution < -0.4 is 10.6 Å². The molecule has 1 aliphatic heterocycles. The fraction of sp³-hybridized carbons (Fsp3) is 0.650. The van der Waals surface area contributed by atoms with Gasteiger partial charge in [0, 0.05) is 39.8 Å². The lowest BCUT2D eigenvalue weighted by Crippen LogP contribution is -2.38. The molecule has 26 heavy (non-hydrogen) atoms. The first kappa shape index (κ1) is 20.7. The van der Waals surface area contributed by atoms with Crippen molar-refractivity contribution in [3.63, 3.8) is 0 Å². The highest BCUT2D eigenvalue weighted by Gasteiger charge is 2.12. The second-order valence-corrected chi connectivity index (χ2v) is 6.86. The lowest BCUT2D eigenvalue weighted by atomic mass is 10.1. The monoisotopic (exact) mass is 361 g/mol. The van der Waals surface area contributed by atoms with Gasteiger partial charge in [-0.15, -0.1) is 0 Å². The third kappa shape index (κ3) is 7.72. The molecule has 6 nitrogen and oxygen atoms in total. The number of ether oxygens (including phenoxy) is 1. The summed E-state index contributed by atoms with van der Waals surface area (Å²) in [6.07, 6.45) is 1.26. The zero-order valence-corrected chi connectivity index (χ0v) is 16.6. The van der Waals surface area contributed by atoms with E-state index in [0.717, 1.165) is 38.7 Å². The number of likely N-dealkylation sites (N-methyl/N-ethyl adjacent to an activating group) is 1. The van der Waals surface area contributed by atoms with Crippen molar-refractivity contribution >= 4 is 5.96 Å². The summed E-state index contributed by atoms with van der Waals surface area (Å²) in [7, 11) is 3.92. The molecule has 146 valence electrons. The van der Waals surface area contributed by atoms with Crippen LogP contribution in [0, 0.1) is 0 Å². The van der Waals surface area contributed by atoms with Crippen LogP contribution in [0.1, 0.15) is 24.5 Å². The van der Waals surface area contributed by atoms with Gasteiger partial charge in [-0.05, 0) is 44.6 Å². The third-order valence-corrected chi connectivity index (χ3v) is 4.60. The maximum atomic E-state index is 5.07. The van der Waals surface area contributed by atoms with E-state index in [4.69, 9.17) is 4.74 Å². The molecule has 2 rings (SSSR count). The minimum Gasteiger partial charge on any atom is -0.383 e. The van der Waals surface area contributed by atoms with Crippen LogP contribution in [0.3, 0.4) is 0 Å². The van der Waals surface area contributed by atoms with Gasteiger partial charge in [-0.1, -0.05) is 24.3 Å². The predicted molar refractivity (Wildman–Crippen MR) is 109 cm³/mol. The summed E-state index contributed by atoms with van der Waals surface area (Å²) in [5.41, 5.74) is 2.61. The zero-order chi connectivity index (χ0) is 18.6. The molecule has 1 saturated heterocycles. The summed E-state index contributed by atoms with van der Waals surface area (Å²) < 4.78 is 5.07. The molecule has 0 unspecified atom stereocenters. The van der Waals surface area contributed by atoms with E-state index in [-0.39, 0.29) is 0 Å². The van der Waals surface area contributed by atoms with Crippen LogP contribution in [0.2, 0.25) is 0 Å². The van der Waals surface area contributed by atoms with Crippen LogP contribution in [0.15, 0.2) is 29.3 Å². The molecule has 0 aliphatic carbocycles. The highest BCUT2D eigenvalue weighted by molar-refractivity contribution is 5.79. The quantitative estimate of drug-likeness (QED) is 0.418. The molecule has 0 spiro atoms. The lowest BCUT2D eigenvalue weighted by Gasteiger charge is -2.20. The Morgan fingerprint density at radius 3 is 2.58 bits per heavy atom. The summed E-state index contributed by atoms with van der Waals surface area (Å²) in [6.45, 7) is 10.8. The molecule has 0 bridgehead atoms. The van der Waals surface area contributed by atoms with E-state index in [0.29, 0.717) is 13.2 Å². The van der Waals surface area contributed by atoms with Gasteiger partial charge in [0.2, 0.25) is 0 Å². The Kier molecular flexibility index (Phi) is 9.45. The molecule has 2 N–H and O–H groups in total. The average Bonchev–Trinajstić information content (AvgIpc) is 2.85. The number of rotatable bonds is 8. The first-order chi connectivity index (χ1) is 12.7. The Morgan fingerprint density at radius 1 is 1.08 bits per heavy atom. The summed E-state index contributed by atoms with van der Waals surface area (Å²) in [4.78, 5) is 9.62. The number of benzene rings is 1. The Labute approximate surface area is 158 Å². The molecular formula is C20H35N5O. The highest BCUT2D eigenvalue weighted by Crippen LogP contribution is 2.10. The smallest absolute Gasteiger partial charge is 0.191 e. The topological polar surface area (TPSA) is 52.1 Å². The predicted octanol–water partition coefficient (Wildman–Crippen LogP) is 1.53. The van der Waals surface area contributed by atoms with Crippen molar-refractivity contribution in [2.45, 2.75) is 26.4 Å².